The van der Waals surface area contributed by atoms with Gasteiger partial charge in [0.25, 0.3) is 0 Å². The summed E-state index contributed by atoms with van der Waals surface area (Å²) in [5, 5.41) is 8.70. The highest BCUT2D eigenvalue weighted by Crippen LogP contribution is 2.25. The predicted octanol–water partition coefficient (Wildman–Crippen LogP) is 3.30. The summed E-state index contributed by atoms with van der Waals surface area (Å²) >= 11 is 0. The maximum atomic E-state index is 13.2. The molecule has 1 unspecified atom stereocenters. The third-order valence-corrected chi connectivity index (χ3v) is 6.23. The van der Waals surface area contributed by atoms with Gasteiger partial charge in [-0.05, 0) is 49.2 Å². The molecule has 0 spiro atoms. The number of rotatable bonds is 4. The Bertz CT molecular complexity index is 983. The van der Waals surface area contributed by atoms with Gasteiger partial charge in [-0.25, -0.2) is 0 Å². The predicted molar refractivity (Wildman–Crippen MR) is 120 cm³/mol. The molecule has 4 heterocycles. The van der Waals surface area contributed by atoms with Crippen molar-refractivity contribution < 1.29 is 9.21 Å². The van der Waals surface area contributed by atoms with Crippen molar-refractivity contribution in [3.8, 4) is 11.5 Å². The largest absolute Gasteiger partial charge is 0.463 e. The Kier molecular flexibility index (Phi) is 5.56. The van der Waals surface area contributed by atoms with Crippen LogP contribution < -0.4 is 9.80 Å². The normalized spacial score (nSPS) is 19.5. The Morgan fingerprint density at radius 2 is 1.71 bits per heavy atom. The summed E-state index contributed by atoms with van der Waals surface area (Å²) in [4.78, 5) is 19.8. The first-order valence-electron chi connectivity index (χ1n) is 11.0. The van der Waals surface area contributed by atoms with Crippen LogP contribution in [0.25, 0.3) is 11.5 Å². The van der Waals surface area contributed by atoms with Crippen molar-refractivity contribution in [2.45, 2.75) is 12.8 Å². The minimum atomic E-state index is 0.0172. The Labute approximate surface area is 182 Å². The molecule has 3 aromatic rings. The molecule has 1 amide bonds. The van der Waals surface area contributed by atoms with Gasteiger partial charge in [0, 0.05) is 45.0 Å². The van der Waals surface area contributed by atoms with Crippen LogP contribution in [0.3, 0.4) is 0 Å². The standard InChI is InChI=1S/C24H27N5O2/c30-24(28-15-13-27(14-16-28)20-7-2-1-3-8-20)19-6-4-12-29(18-19)23-11-10-21(25-26-23)22-9-5-17-31-22/h1-3,5,7-11,17,19H,4,6,12-16,18H2. The molecule has 0 N–H and O–H groups in total. The first kappa shape index (κ1) is 19.6. The van der Waals surface area contributed by atoms with Crippen LogP contribution in [0.1, 0.15) is 12.8 Å². The second-order valence-corrected chi connectivity index (χ2v) is 8.19. The van der Waals surface area contributed by atoms with Crippen molar-refractivity contribution in [1.29, 1.82) is 0 Å². The van der Waals surface area contributed by atoms with Gasteiger partial charge >= 0.3 is 0 Å². The number of piperazine rings is 1. The Morgan fingerprint density at radius 1 is 0.871 bits per heavy atom. The first-order valence-corrected chi connectivity index (χ1v) is 11.0. The topological polar surface area (TPSA) is 65.7 Å². The lowest BCUT2D eigenvalue weighted by Gasteiger charge is -2.40. The fourth-order valence-corrected chi connectivity index (χ4v) is 4.52. The van der Waals surface area contributed by atoms with Gasteiger partial charge in [0.05, 0.1) is 12.2 Å². The van der Waals surface area contributed by atoms with Gasteiger partial charge in [-0.1, -0.05) is 18.2 Å². The molecule has 0 bridgehead atoms. The Balaban J connectivity index is 1.19. The molecule has 0 aliphatic carbocycles. The fourth-order valence-electron chi connectivity index (χ4n) is 4.52. The van der Waals surface area contributed by atoms with Crippen LogP contribution in [0.4, 0.5) is 11.5 Å². The van der Waals surface area contributed by atoms with E-state index in [1.165, 1.54) is 5.69 Å². The average molecular weight is 418 g/mol. The zero-order chi connectivity index (χ0) is 21.0. The molecular formula is C24H27N5O2. The number of aromatic nitrogens is 2. The van der Waals surface area contributed by atoms with Crippen LogP contribution >= 0.6 is 0 Å². The minimum absolute atomic E-state index is 0.0172. The Hall–Kier alpha value is -3.35. The summed E-state index contributed by atoms with van der Waals surface area (Å²) in [5.41, 5.74) is 1.95. The zero-order valence-electron chi connectivity index (χ0n) is 17.6. The minimum Gasteiger partial charge on any atom is -0.463 e. The number of carbonyl (C=O) groups is 1. The zero-order valence-corrected chi connectivity index (χ0v) is 17.6. The number of furan rings is 1. The lowest BCUT2D eigenvalue weighted by molar-refractivity contribution is -0.136. The van der Waals surface area contributed by atoms with Crippen LogP contribution in [0, 0.1) is 5.92 Å². The van der Waals surface area contributed by atoms with Gasteiger partial charge < -0.3 is 19.1 Å². The second-order valence-electron chi connectivity index (χ2n) is 8.19. The number of piperidine rings is 1. The van der Waals surface area contributed by atoms with Crippen LogP contribution in [-0.2, 0) is 4.79 Å². The van der Waals surface area contributed by atoms with E-state index >= 15 is 0 Å². The smallest absolute Gasteiger partial charge is 0.227 e. The Morgan fingerprint density at radius 3 is 2.42 bits per heavy atom. The molecule has 7 nitrogen and oxygen atoms in total. The summed E-state index contributed by atoms with van der Waals surface area (Å²) in [5.74, 6) is 1.82. The van der Waals surface area contributed by atoms with Gasteiger partial charge in [-0.15, -0.1) is 10.2 Å². The van der Waals surface area contributed by atoms with E-state index in [0.29, 0.717) is 12.3 Å². The maximum Gasteiger partial charge on any atom is 0.227 e. The number of anilines is 2. The first-order chi connectivity index (χ1) is 15.3. The lowest BCUT2D eigenvalue weighted by atomic mass is 9.96. The third-order valence-electron chi connectivity index (χ3n) is 6.23. The van der Waals surface area contributed by atoms with E-state index in [4.69, 9.17) is 4.42 Å². The molecule has 1 atom stereocenters. The van der Waals surface area contributed by atoms with Gasteiger partial charge in [-0.2, -0.15) is 0 Å². The van der Waals surface area contributed by atoms with E-state index in [1.54, 1.807) is 6.26 Å². The van der Waals surface area contributed by atoms with E-state index in [0.717, 1.165) is 57.1 Å². The van der Waals surface area contributed by atoms with E-state index in [-0.39, 0.29) is 11.8 Å². The number of hydrogen-bond acceptors (Lipinski definition) is 6. The van der Waals surface area contributed by atoms with Crippen molar-refractivity contribution >= 4 is 17.4 Å². The van der Waals surface area contributed by atoms with Crippen LogP contribution in [0.2, 0.25) is 0 Å². The van der Waals surface area contributed by atoms with E-state index in [9.17, 15) is 4.79 Å². The molecule has 7 heteroatoms. The van der Waals surface area contributed by atoms with Crippen molar-refractivity contribution in [3.63, 3.8) is 0 Å². The van der Waals surface area contributed by atoms with Crippen molar-refractivity contribution in [2.75, 3.05) is 49.1 Å². The van der Waals surface area contributed by atoms with Crippen molar-refractivity contribution in [3.05, 3.63) is 60.9 Å². The number of hydrogen-bond donors (Lipinski definition) is 0. The molecular weight excluding hydrogens is 390 g/mol. The lowest BCUT2D eigenvalue weighted by Crippen LogP contribution is -2.52. The summed E-state index contributed by atoms with van der Waals surface area (Å²) in [7, 11) is 0. The number of nitrogens with zero attached hydrogens (tertiary/aromatic N) is 5. The number of amides is 1. The molecule has 2 aliphatic rings. The van der Waals surface area contributed by atoms with Crippen LogP contribution in [-0.4, -0.2) is 60.3 Å². The van der Waals surface area contributed by atoms with E-state index in [1.807, 2.05) is 35.2 Å². The molecule has 2 aromatic heterocycles. The molecule has 5 rings (SSSR count). The van der Waals surface area contributed by atoms with E-state index < -0.39 is 0 Å². The molecule has 1 aromatic carbocycles. The molecule has 31 heavy (non-hydrogen) atoms. The summed E-state index contributed by atoms with van der Waals surface area (Å²) in [6, 6.07) is 18.0. The molecule has 2 fully saturated rings. The summed E-state index contributed by atoms with van der Waals surface area (Å²) in [6.07, 6.45) is 3.56. The number of para-hydroxylation sites is 1. The highest BCUT2D eigenvalue weighted by Gasteiger charge is 2.31. The van der Waals surface area contributed by atoms with Crippen molar-refractivity contribution in [1.82, 2.24) is 15.1 Å². The van der Waals surface area contributed by atoms with Gasteiger partial charge in [0.1, 0.15) is 5.69 Å². The van der Waals surface area contributed by atoms with Crippen LogP contribution in [0.15, 0.2) is 65.3 Å². The molecule has 0 saturated carbocycles. The molecule has 160 valence electrons. The molecule has 2 saturated heterocycles. The third kappa shape index (κ3) is 4.26. The fraction of sp³-hybridized carbons (Fsp3) is 0.375. The second kappa shape index (κ2) is 8.79. The molecule has 2 aliphatic heterocycles. The van der Waals surface area contributed by atoms with Crippen LogP contribution in [0.5, 0.6) is 0 Å². The number of benzene rings is 1. The average Bonchev–Trinajstić information content (AvgIpc) is 3.40. The number of carbonyl (C=O) groups excluding carboxylic acids is 1. The SMILES string of the molecule is O=C(C1CCCN(c2ccc(-c3ccco3)nn2)C1)N1CCN(c2ccccc2)CC1. The maximum absolute atomic E-state index is 13.2. The summed E-state index contributed by atoms with van der Waals surface area (Å²) < 4.78 is 5.39. The van der Waals surface area contributed by atoms with Gasteiger partial charge in [0.2, 0.25) is 5.91 Å². The highest BCUT2D eigenvalue weighted by molar-refractivity contribution is 5.80. The van der Waals surface area contributed by atoms with Crippen molar-refractivity contribution in [2.24, 2.45) is 5.92 Å². The van der Waals surface area contributed by atoms with Gasteiger partial charge in [0.15, 0.2) is 11.6 Å². The van der Waals surface area contributed by atoms with E-state index in [2.05, 4.69) is 44.3 Å². The highest BCUT2D eigenvalue weighted by atomic mass is 16.3. The quantitative estimate of drug-likeness (QED) is 0.649. The monoisotopic (exact) mass is 417 g/mol. The summed E-state index contributed by atoms with van der Waals surface area (Å²) in [6.45, 7) is 4.93. The van der Waals surface area contributed by atoms with Gasteiger partial charge in [-0.3, -0.25) is 4.79 Å². The molecule has 0 radical (unpaired) electrons.